The van der Waals surface area contributed by atoms with Crippen molar-refractivity contribution in [2.75, 3.05) is 6.54 Å². The average molecular weight is 328 g/mol. The molecule has 1 aliphatic heterocycles. The second-order valence-electron chi connectivity index (χ2n) is 4.88. The standard InChI is InChI=1S/C15H15F3N2O3/c16-10-6-12(17)14(13(18)7-10)15(21)20-11(1-3-19)5-9-2-4-22-23-8-9/h2,4,6-8,11H,1,3,5,19H2,(H,20,21)/t11-/m1/s1. The third-order valence-electron chi connectivity index (χ3n) is 3.16. The van der Waals surface area contributed by atoms with Crippen molar-refractivity contribution in [3.05, 3.63) is 59.3 Å². The van der Waals surface area contributed by atoms with Gasteiger partial charge in [-0.1, -0.05) is 0 Å². The fourth-order valence-electron chi connectivity index (χ4n) is 2.12. The van der Waals surface area contributed by atoms with Crippen molar-refractivity contribution in [2.45, 2.75) is 18.9 Å². The van der Waals surface area contributed by atoms with Crippen LogP contribution in [-0.2, 0) is 9.78 Å². The van der Waals surface area contributed by atoms with Crippen LogP contribution in [0.2, 0.25) is 0 Å². The molecule has 1 atom stereocenters. The molecule has 0 spiro atoms. The van der Waals surface area contributed by atoms with Crippen LogP contribution in [0.25, 0.3) is 0 Å². The van der Waals surface area contributed by atoms with Crippen LogP contribution in [0.5, 0.6) is 0 Å². The molecule has 2 rings (SSSR count). The summed E-state index contributed by atoms with van der Waals surface area (Å²) in [7, 11) is 0. The lowest BCUT2D eigenvalue weighted by Gasteiger charge is -2.19. The van der Waals surface area contributed by atoms with Crippen LogP contribution >= 0.6 is 0 Å². The Hall–Kier alpha value is -2.48. The molecule has 0 radical (unpaired) electrons. The van der Waals surface area contributed by atoms with Gasteiger partial charge in [0.05, 0.1) is 0 Å². The SMILES string of the molecule is NCC[C@H](CC1=COOC=C1)NC(=O)c1c(F)cc(F)cc1F. The molecule has 1 amide bonds. The molecule has 1 aliphatic rings. The summed E-state index contributed by atoms with van der Waals surface area (Å²) in [6, 6.07) is 0.426. The second kappa shape index (κ2) is 7.68. The summed E-state index contributed by atoms with van der Waals surface area (Å²) < 4.78 is 40.2. The van der Waals surface area contributed by atoms with Crippen molar-refractivity contribution in [2.24, 2.45) is 5.73 Å². The first-order chi connectivity index (χ1) is 11.0. The van der Waals surface area contributed by atoms with Gasteiger partial charge in [-0.05, 0) is 31.0 Å². The van der Waals surface area contributed by atoms with E-state index < -0.39 is 35.0 Å². The molecule has 23 heavy (non-hydrogen) atoms. The van der Waals surface area contributed by atoms with Crippen molar-refractivity contribution >= 4 is 5.91 Å². The van der Waals surface area contributed by atoms with Crippen LogP contribution in [0, 0.1) is 17.5 Å². The molecule has 0 aliphatic carbocycles. The van der Waals surface area contributed by atoms with E-state index >= 15 is 0 Å². The highest BCUT2D eigenvalue weighted by atomic mass is 19.1. The fraction of sp³-hybridized carbons (Fsp3) is 0.267. The summed E-state index contributed by atoms with van der Waals surface area (Å²) in [5.41, 5.74) is 5.36. The van der Waals surface area contributed by atoms with E-state index in [9.17, 15) is 18.0 Å². The minimum atomic E-state index is -1.26. The van der Waals surface area contributed by atoms with Gasteiger partial charge in [0.25, 0.3) is 5.91 Å². The summed E-state index contributed by atoms with van der Waals surface area (Å²) in [6.45, 7) is 0.258. The van der Waals surface area contributed by atoms with E-state index in [0.29, 0.717) is 30.5 Å². The Morgan fingerprint density at radius 2 is 1.91 bits per heavy atom. The van der Waals surface area contributed by atoms with Crippen LogP contribution in [0.3, 0.4) is 0 Å². The molecule has 0 saturated heterocycles. The molecule has 0 unspecified atom stereocenters. The molecule has 1 aromatic carbocycles. The van der Waals surface area contributed by atoms with Crippen LogP contribution in [0.1, 0.15) is 23.2 Å². The van der Waals surface area contributed by atoms with Gasteiger partial charge in [-0.3, -0.25) is 14.6 Å². The van der Waals surface area contributed by atoms with Gasteiger partial charge in [-0.2, -0.15) is 0 Å². The van der Waals surface area contributed by atoms with Crippen molar-refractivity contribution in [1.29, 1.82) is 0 Å². The number of carbonyl (C=O) groups excluding carboxylic acids is 1. The summed E-state index contributed by atoms with van der Waals surface area (Å²) in [5, 5.41) is 2.49. The maximum Gasteiger partial charge on any atom is 0.257 e. The number of rotatable bonds is 6. The smallest absolute Gasteiger partial charge is 0.257 e. The molecular formula is C15H15F3N2O3. The molecule has 0 saturated carbocycles. The minimum absolute atomic E-state index is 0.258. The number of nitrogens with one attached hydrogen (secondary N) is 1. The van der Waals surface area contributed by atoms with E-state index in [1.54, 1.807) is 6.08 Å². The van der Waals surface area contributed by atoms with Crippen LogP contribution < -0.4 is 11.1 Å². The minimum Gasteiger partial charge on any atom is -0.349 e. The number of hydrogen-bond acceptors (Lipinski definition) is 4. The lowest BCUT2D eigenvalue weighted by Crippen LogP contribution is -2.37. The second-order valence-corrected chi connectivity index (χ2v) is 4.88. The largest absolute Gasteiger partial charge is 0.349 e. The molecule has 5 nitrogen and oxygen atoms in total. The molecule has 0 fully saturated rings. The third kappa shape index (κ3) is 4.49. The topological polar surface area (TPSA) is 73.6 Å². The number of nitrogens with two attached hydrogens (primary N) is 1. The quantitative estimate of drug-likeness (QED) is 0.786. The third-order valence-corrected chi connectivity index (χ3v) is 3.16. The first-order valence-corrected chi connectivity index (χ1v) is 6.84. The zero-order chi connectivity index (χ0) is 16.8. The Morgan fingerprint density at radius 1 is 1.22 bits per heavy atom. The lowest BCUT2D eigenvalue weighted by atomic mass is 10.0. The number of carbonyl (C=O) groups is 1. The number of hydrogen-bond donors (Lipinski definition) is 2. The molecule has 124 valence electrons. The molecule has 1 heterocycles. The maximum absolute atomic E-state index is 13.6. The van der Waals surface area contributed by atoms with E-state index in [0.717, 1.165) is 0 Å². The number of allylic oxidation sites excluding steroid dienone is 1. The van der Waals surface area contributed by atoms with Crippen molar-refractivity contribution in [3.63, 3.8) is 0 Å². The first-order valence-electron chi connectivity index (χ1n) is 6.84. The van der Waals surface area contributed by atoms with E-state index in [4.69, 9.17) is 5.73 Å². The number of benzene rings is 1. The monoisotopic (exact) mass is 328 g/mol. The molecule has 3 N–H and O–H groups in total. The summed E-state index contributed by atoms with van der Waals surface area (Å²) in [5.74, 6) is -4.60. The Kier molecular flexibility index (Phi) is 5.64. The highest BCUT2D eigenvalue weighted by molar-refractivity contribution is 5.95. The molecular weight excluding hydrogens is 313 g/mol. The predicted octanol–water partition coefficient (Wildman–Crippen LogP) is 2.30. The summed E-state index contributed by atoms with van der Waals surface area (Å²) in [6.07, 6.45) is 4.98. The molecule has 0 aromatic heterocycles. The van der Waals surface area contributed by atoms with E-state index in [1.807, 2.05) is 0 Å². The van der Waals surface area contributed by atoms with Crippen LogP contribution in [0.15, 0.2) is 36.3 Å². The van der Waals surface area contributed by atoms with Gasteiger partial charge in [0.2, 0.25) is 0 Å². The van der Waals surface area contributed by atoms with Gasteiger partial charge in [0, 0.05) is 18.2 Å². The Morgan fingerprint density at radius 3 is 2.48 bits per heavy atom. The zero-order valence-corrected chi connectivity index (χ0v) is 12.0. The number of halogens is 3. The molecule has 0 bridgehead atoms. The van der Waals surface area contributed by atoms with Gasteiger partial charge >= 0.3 is 0 Å². The van der Waals surface area contributed by atoms with E-state index in [1.165, 1.54) is 12.5 Å². The van der Waals surface area contributed by atoms with Crippen molar-refractivity contribution < 1.29 is 27.7 Å². The van der Waals surface area contributed by atoms with Crippen LogP contribution in [0.4, 0.5) is 13.2 Å². The molecule has 8 heteroatoms. The van der Waals surface area contributed by atoms with Gasteiger partial charge in [-0.15, -0.1) is 0 Å². The Balaban J connectivity index is 2.11. The van der Waals surface area contributed by atoms with Crippen LogP contribution in [-0.4, -0.2) is 18.5 Å². The number of amides is 1. The fourth-order valence-corrected chi connectivity index (χ4v) is 2.12. The van der Waals surface area contributed by atoms with Gasteiger partial charge in [0.1, 0.15) is 35.5 Å². The lowest BCUT2D eigenvalue weighted by molar-refractivity contribution is -0.199. The highest BCUT2D eigenvalue weighted by Crippen LogP contribution is 2.17. The first kappa shape index (κ1) is 16.9. The summed E-state index contributed by atoms with van der Waals surface area (Å²) >= 11 is 0. The zero-order valence-electron chi connectivity index (χ0n) is 12.0. The van der Waals surface area contributed by atoms with E-state index in [-0.39, 0.29) is 6.54 Å². The predicted molar refractivity (Wildman–Crippen MR) is 75.3 cm³/mol. The van der Waals surface area contributed by atoms with E-state index in [2.05, 4.69) is 15.1 Å². The van der Waals surface area contributed by atoms with Gasteiger partial charge in [-0.25, -0.2) is 13.2 Å². The average Bonchev–Trinajstić information content (AvgIpc) is 2.47. The summed E-state index contributed by atoms with van der Waals surface area (Å²) in [4.78, 5) is 21.3. The molecule has 1 aromatic rings. The maximum atomic E-state index is 13.6. The Bertz CT molecular complexity index is 624. The van der Waals surface area contributed by atoms with Gasteiger partial charge in [0.15, 0.2) is 0 Å². The Labute approximate surface area is 130 Å². The highest BCUT2D eigenvalue weighted by Gasteiger charge is 2.22. The normalized spacial score (nSPS) is 14.5. The van der Waals surface area contributed by atoms with Crippen molar-refractivity contribution in [3.8, 4) is 0 Å². The van der Waals surface area contributed by atoms with Gasteiger partial charge < -0.3 is 11.1 Å². The van der Waals surface area contributed by atoms with Crippen molar-refractivity contribution in [1.82, 2.24) is 5.32 Å².